The summed E-state index contributed by atoms with van der Waals surface area (Å²) in [5.74, 6) is 1.57. The molecule has 1 saturated heterocycles. The first kappa shape index (κ1) is 18.6. The van der Waals surface area contributed by atoms with Crippen LogP contribution in [0, 0.1) is 5.92 Å². The molecule has 2 N–H and O–H groups in total. The largest absolute Gasteiger partial charge is 0.377 e. The number of H-pyrrole nitrogens is 1. The number of Topliss-reactive ketones (excluding diaryl/α,β-unsaturated/α-hetero) is 1. The van der Waals surface area contributed by atoms with E-state index >= 15 is 0 Å². The highest BCUT2D eigenvalue weighted by atomic mass is 16.1. The lowest BCUT2D eigenvalue weighted by Crippen LogP contribution is -2.37. The van der Waals surface area contributed by atoms with E-state index in [4.69, 9.17) is 0 Å². The van der Waals surface area contributed by atoms with Crippen molar-refractivity contribution in [3.63, 3.8) is 0 Å². The van der Waals surface area contributed by atoms with Crippen LogP contribution in [0.1, 0.15) is 19.3 Å². The van der Waals surface area contributed by atoms with Gasteiger partial charge in [0.2, 0.25) is 0 Å². The maximum atomic E-state index is 12.7. The van der Waals surface area contributed by atoms with Crippen LogP contribution in [0.4, 0.5) is 11.5 Å². The Hall–Kier alpha value is -3.41. The summed E-state index contributed by atoms with van der Waals surface area (Å²) < 4.78 is 0. The van der Waals surface area contributed by atoms with Crippen LogP contribution in [-0.4, -0.2) is 40.4 Å². The van der Waals surface area contributed by atoms with Crippen molar-refractivity contribution in [2.24, 2.45) is 5.92 Å². The Morgan fingerprint density at radius 2 is 2.00 bits per heavy atom. The number of benzene rings is 2. The molecule has 1 aliphatic heterocycles. The minimum atomic E-state index is 0.254. The second-order valence-electron chi connectivity index (χ2n) is 8.01. The van der Waals surface area contributed by atoms with E-state index in [2.05, 4.69) is 43.4 Å². The molecule has 5 rings (SSSR count). The zero-order valence-corrected chi connectivity index (χ0v) is 16.8. The van der Waals surface area contributed by atoms with Crippen molar-refractivity contribution in [1.29, 1.82) is 0 Å². The molecule has 3 heterocycles. The number of ketones is 1. The molecule has 0 aliphatic carbocycles. The minimum Gasteiger partial charge on any atom is -0.377 e. The molecule has 30 heavy (non-hydrogen) atoms. The van der Waals surface area contributed by atoms with Crippen molar-refractivity contribution in [2.75, 3.05) is 29.9 Å². The molecule has 6 nitrogen and oxygen atoms in total. The van der Waals surface area contributed by atoms with Crippen LogP contribution in [0.25, 0.3) is 21.8 Å². The fourth-order valence-corrected chi connectivity index (χ4v) is 4.50. The molecule has 0 amide bonds. The number of carbonyl (C=O) groups is 1. The summed E-state index contributed by atoms with van der Waals surface area (Å²) in [5.41, 5.74) is 1.88. The summed E-state index contributed by atoms with van der Waals surface area (Å²) in [5, 5.41) is 6.72. The summed E-state index contributed by atoms with van der Waals surface area (Å²) in [7, 11) is 0. The van der Waals surface area contributed by atoms with E-state index in [1.54, 1.807) is 6.33 Å². The summed E-state index contributed by atoms with van der Waals surface area (Å²) in [4.78, 5) is 27.0. The number of piperidine rings is 1. The molecule has 2 aromatic heterocycles. The van der Waals surface area contributed by atoms with Gasteiger partial charge in [0.1, 0.15) is 17.8 Å². The highest BCUT2D eigenvalue weighted by molar-refractivity contribution is 5.95. The molecule has 1 fully saturated rings. The molecule has 4 aromatic rings. The van der Waals surface area contributed by atoms with Gasteiger partial charge in [-0.3, -0.25) is 4.79 Å². The van der Waals surface area contributed by atoms with Gasteiger partial charge < -0.3 is 15.2 Å². The summed E-state index contributed by atoms with van der Waals surface area (Å²) in [6.07, 6.45) is 6.25. The lowest BCUT2D eigenvalue weighted by atomic mass is 9.92. The third-order valence-electron chi connectivity index (χ3n) is 5.93. The van der Waals surface area contributed by atoms with Gasteiger partial charge in [0.05, 0.1) is 11.9 Å². The van der Waals surface area contributed by atoms with E-state index < -0.39 is 0 Å². The number of aromatic nitrogens is 3. The zero-order chi connectivity index (χ0) is 20.3. The SMILES string of the molecule is O=C(CNc1cccc2ccccc12)CC1CCCN(c2ncnc3[nH]ccc23)C1. The Bertz CT molecular complexity index is 1180. The maximum absolute atomic E-state index is 12.7. The fraction of sp³-hybridized carbons (Fsp3) is 0.292. The molecular formula is C24H25N5O. The summed E-state index contributed by atoms with van der Waals surface area (Å²) in [6.45, 7) is 2.19. The van der Waals surface area contributed by atoms with Crippen LogP contribution < -0.4 is 10.2 Å². The van der Waals surface area contributed by atoms with Crippen molar-refractivity contribution >= 4 is 39.1 Å². The number of carbonyl (C=O) groups excluding carboxylic acids is 1. The molecule has 0 saturated carbocycles. The predicted octanol–water partition coefficient (Wildman–Crippen LogP) is 4.40. The molecule has 0 radical (unpaired) electrons. The average molecular weight is 399 g/mol. The maximum Gasteiger partial charge on any atom is 0.152 e. The van der Waals surface area contributed by atoms with Gasteiger partial charge in [0, 0.05) is 36.8 Å². The van der Waals surface area contributed by atoms with E-state index in [0.717, 1.165) is 53.9 Å². The van der Waals surface area contributed by atoms with Gasteiger partial charge in [-0.05, 0) is 36.3 Å². The average Bonchev–Trinajstić information content (AvgIpc) is 3.27. The number of anilines is 2. The second kappa shape index (κ2) is 8.14. The van der Waals surface area contributed by atoms with Crippen LogP contribution in [0.15, 0.2) is 61.1 Å². The normalized spacial score (nSPS) is 16.8. The summed E-state index contributed by atoms with van der Waals surface area (Å²) >= 11 is 0. The number of hydrogen-bond acceptors (Lipinski definition) is 5. The van der Waals surface area contributed by atoms with Gasteiger partial charge in [-0.1, -0.05) is 36.4 Å². The number of hydrogen-bond donors (Lipinski definition) is 2. The smallest absolute Gasteiger partial charge is 0.152 e. The van der Waals surface area contributed by atoms with Crippen LogP contribution in [0.3, 0.4) is 0 Å². The van der Waals surface area contributed by atoms with Gasteiger partial charge in [-0.25, -0.2) is 9.97 Å². The Morgan fingerprint density at radius 3 is 2.97 bits per heavy atom. The number of nitrogens with one attached hydrogen (secondary N) is 2. The van der Waals surface area contributed by atoms with E-state index in [9.17, 15) is 4.79 Å². The van der Waals surface area contributed by atoms with E-state index in [1.807, 2.05) is 36.5 Å². The quantitative estimate of drug-likeness (QED) is 0.503. The Balaban J connectivity index is 1.22. The first-order valence-electron chi connectivity index (χ1n) is 10.5. The van der Waals surface area contributed by atoms with E-state index in [0.29, 0.717) is 18.9 Å². The van der Waals surface area contributed by atoms with Gasteiger partial charge >= 0.3 is 0 Å². The number of aromatic amines is 1. The van der Waals surface area contributed by atoms with Crippen LogP contribution in [-0.2, 0) is 4.79 Å². The standard InChI is InChI=1S/C24H25N5O/c30-19(14-26-22-9-3-7-18-6-1-2-8-20(18)22)13-17-5-4-12-29(15-17)24-21-10-11-25-23(21)27-16-28-24/h1-3,6-11,16-17,26H,4-5,12-15H2,(H,25,27,28). The molecule has 0 spiro atoms. The lowest BCUT2D eigenvalue weighted by Gasteiger charge is -2.33. The van der Waals surface area contributed by atoms with Crippen LogP contribution in [0.2, 0.25) is 0 Å². The molecule has 2 aromatic carbocycles. The van der Waals surface area contributed by atoms with Crippen LogP contribution >= 0.6 is 0 Å². The van der Waals surface area contributed by atoms with Gasteiger partial charge in [-0.2, -0.15) is 0 Å². The molecule has 1 unspecified atom stereocenters. The fourth-order valence-electron chi connectivity index (χ4n) is 4.50. The topological polar surface area (TPSA) is 73.9 Å². The molecular weight excluding hydrogens is 374 g/mol. The number of fused-ring (bicyclic) bond motifs is 2. The van der Waals surface area contributed by atoms with Crippen molar-refractivity contribution in [3.05, 3.63) is 61.1 Å². The van der Waals surface area contributed by atoms with E-state index in [1.165, 1.54) is 5.39 Å². The Labute approximate surface area is 175 Å². The Morgan fingerprint density at radius 1 is 1.10 bits per heavy atom. The van der Waals surface area contributed by atoms with Crippen molar-refractivity contribution < 1.29 is 4.79 Å². The summed E-state index contributed by atoms with van der Waals surface area (Å²) in [6, 6.07) is 16.4. The number of nitrogens with zero attached hydrogens (tertiary/aromatic N) is 3. The van der Waals surface area contributed by atoms with Crippen LogP contribution in [0.5, 0.6) is 0 Å². The predicted molar refractivity (Wildman–Crippen MR) is 121 cm³/mol. The monoisotopic (exact) mass is 399 g/mol. The second-order valence-corrected chi connectivity index (χ2v) is 8.01. The lowest BCUT2D eigenvalue weighted by molar-refractivity contribution is -0.118. The zero-order valence-electron chi connectivity index (χ0n) is 16.8. The minimum absolute atomic E-state index is 0.254. The first-order chi connectivity index (χ1) is 14.8. The van der Waals surface area contributed by atoms with Crippen molar-refractivity contribution in [3.8, 4) is 0 Å². The van der Waals surface area contributed by atoms with Gasteiger partial charge in [0.15, 0.2) is 5.78 Å². The number of rotatable bonds is 6. The highest BCUT2D eigenvalue weighted by Crippen LogP contribution is 2.28. The van der Waals surface area contributed by atoms with Crippen molar-refractivity contribution in [1.82, 2.24) is 15.0 Å². The third-order valence-corrected chi connectivity index (χ3v) is 5.93. The van der Waals surface area contributed by atoms with Gasteiger partial charge in [0.25, 0.3) is 0 Å². The van der Waals surface area contributed by atoms with Gasteiger partial charge in [-0.15, -0.1) is 0 Å². The molecule has 0 bridgehead atoms. The van der Waals surface area contributed by atoms with Crippen molar-refractivity contribution in [2.45, 2.75) is 19.3 Å². The third kappa shape index (κ3) is 3.73. The molecule has 6 heteroatoms. The van der Waals surface area contributed by atoms with E-state index in [-0.39, 0.29) is 5.78 Å². The molecule has 1 atom stereocenters. The Kier molecular flexibility index (Phi) is 5.05. The molecule has 1 aliphatic rings. The molecule has 152 valence electrons. The first-order valence-corrected chi connectivity index (χ1v) is 10.5. The highest BCUT2D eigenvalue weighted by Gasteiger charge is 2.24.